The largest absolute Gasteiger partial charge is 0.422 e. The van der Waals surface area contributed by atoms with Crippen LogP contribution in [0.25, 0.3) is 0 Å². The fraction of sp³-hybridized carbons (Fsp3) is 0.0435. The number of halogens is 2. The molecule has 0 fully saturated rings. The van der Waals surface area contributed by atoms with Crippen LogP contribution < -0.4 is 15.5 Å². The van der Waals surface area contributed by atoms with Crippen LogP contribution >= 0.6 is 27.5 Å². The average Bonchev–Trinajstić information content (AvgIpc) is 2.77. The third-order valence-corrected chi connectivity index (χ3v) is 5.06. The van der Waals surface area contributed by atoms with Gasteiger partial charge in [0.2, 0.25) is 0 Å². The molecule has 0 aliphatic heterocycles. The van der Waals surface area contributed by atoms with Gasteiger partial charge in [0.05, 0.1) is 22.5 Å². The number of rotatable bonds is 5. The van der Waals surface area contributed by atoms with Crippen LogP contribution in [0.1, 0.15) is 21.5 Å². The molecule has 2 amide bonds. The van der Waals surface area contributed by atoms with Gasteiger partial charge in [-0.25, -0.2) is 10.2 Å². The third-order valence-electron chi connectivity index (χ3n) is 4.24. The number of hydrazone groups is 1. The molecule has 162 valence electrons. The van der Waals surface area contributed by atoms with Gasteiger partial charge in [0.15, 0.2) is 0 Å². The minimum Gasteiger partial charge on any atom is -0.422 e. The number of nitrogens with one attached hydrogen (secondary N) is 2. The van der Waals surface area contributed by atoms with Gasteiger partial charge in [-0.15, -0.1) is 0 Å². The van der Waals surface area contributed by atoms with Crippen LogP contribution in [0, 0.1) is 6.92 Å². The number of aryl methyl sites for hydroxylation is 1. The van der Waals surface area contributed by atoms with Crippen molar-refractivity contribution in [3.05, 3.63) is 92.9 Å². The van der Waals surface area contributed by atoms with Crippen molar-refractivity contribution >= 4 is 57.2 Å². The van der Waals surface area contributed by atoms with Crippen molar-refractivity contribution in [1.82, 2.24) is 5.43 Å². The first-order chi connectivity index (χ1) is 15.3. The van der Waals surface area contributed by atoms with Gasteiger partial charge in [0, 0.05) is 10.0 Å². The molecule has 0 radical (unpaired) electrons. The Kier molecular flexibility index (Phi) is 7.75. The van der Waals surface area contributed by atoms with Gasteiger partial charge in [-0.3, -0.25) is 9.59 Å². The Balaban J connectivity index is 1.69. The summed E-state index contributed by atoms with van der Waals surface area (Å²) >= 11 is 9.30. The number of anilines is 1. The van der Waals surface area contributed by atoms with E-state index in [9.17, 15) is 14.4 Å². The summed E-state index contributed by atoms with van der Waals surface area (Å²) in [6.07, 6.45) is 1.27. The van der Waals surface area contributed by atoms with Crippen molar-refractivity contribution in [2.75, 3.05) is 5.32 Å². The van der Waals surface area contributed by atoms with E-state index < -0.39 is 17.8 Å². The molecule has 0 saturated carbocycles. The summed E-state index contributed by atoms with van der Waals surface area (Å²) in [5.41, 5.74) is 4.06. The van der Waals surface area contributed by atoms with Crippen LogP contribution in [0.3, 0.4) is 0 Å². The van der Waals surface area contributed by atoms with Crippen LogP contribution in [0.5, 0.6) is 5.75 Å². The van der Waals surface area contributed by atoms with Crippen LogP contribution in [-0.4, -0.2) is 24.0 Å². The second-order valence-corrected chi connectivity index (χ2v) is 7.84. The van der Waals surface area contributed by atoms with Crippen LogP contribution in [0.2, 0.25) is 5.02 Å². The third kappa shape index (κ3) is 6.03. The van der Waals surface area contributed by atoms with E-state index in [1.165, 1.54) is 6.21 Å². The van der Waals surface area contributed by atoms with E-state index >= 15 is 0 Å². The van der Waals surface area contributed by atoms with E-state index in [2.05, 4.69) is 31.8 Å². The highest BCUT2D eigenvalue weighted by atomic mass is 79.9. The number of benzene rings is 3. The minimum atomic E-state index is -0.991. The molecule has 0 unspecified atom stereocenters. The lowest BCUT2D eigenvalue weighted by atomic mass is 10.1. The highest BCUT2D eigenvalue weighted by molar-refractivity contribution is 9.10. The number of nitrogens with zero attached hydrogens (tertiary/aromatic N) is 1. The maximum absolute atomic E-state index is 12.5. The highest BCUT2D eigenvalue weighted by Crippen LogP contribution is 2.23. The summed E-state index contributed by atoms with van der Waals surface area (Å²) < 4.78 is 6.21. The Morgan fingerprint density at radius 2 is 1.72 bits per heavy atom. The number of ether oxygens (including phenoxy) is 1. The van der Waals surface area contributed by atoms with E-state index in [1.54, 1.807) is 54.6 Å². The molecule has 32 heavy (non-hydrogen) atoms. The Morgan fingerprint density at radius 3 is 2.47 bits per heavy atom. The second-order valence-electron chi connectivity index (χ2n) is 6.52. The molecule has 2 N–H and O–H groups in total. The van der Waals surface area contributed by atoms with Crippen molar-refractivity contribution in [3.8, 4) is 5.75 Å². The zero-order chi connectivity index (χ0) is 23.1. The zero-order valence-electron chi connectivity index (χ0n) is 16.8. The number of hydrogen-bond donors (Lipinski definition) is 2. The predicted molar refractivity (Wildman–Crippen MR) is 126 cm³/mol. The van der Waals surface area contributed by atoms with E-state index in [1.807, 2.05) is 19.1 Å². The summed E-state index contributed by atoms with van der Waals surface area (Å²) in [6.45, 7) is 1.81. The molecule has 0 aliphatic rings. The molecule has 0 atom stereocenters. The first kappa shape index (κ1) is 23.2. The zero-order valence-corrected chi connectivity index (χ0v) is 19.1. The van der Waals surface area contributed by atoms with E-state index in [-0.39, 0.29) is 5.75 Å². The monoisotopic (exact) mass is 513 g/mol. The Bertz CT molecular complexity index is 1210. The van der Waals surface area contributed by atoms with Gasteiger partial charge in [0.1, 0.15) is 5.75 Å². The maximum atomic E-state index is 12.5. The van der Waals surface area contributed by atoms with Gasteiger partial charge in [-0.05, 0) is 48.9 Å². The topological polar surface area (TPSA) is 96.9 Å². The molecule has 3 rings (SSSR count). The fourth-order valence-electron chi connectivity index (χ4n) is 2.62. The average molecular weight is 515 g/mol. The molecule has 0 aromatic heterocycles. The van der Waals surface area contributed by atoms with Crippen molar-refractivity contribution in [1.29, 1.82) is 0 Å². The molecule has 0 bridgehead atoms. The van der Waals surface area contributed by atoms with Crippen molar-refractivity contribution in [2.45, 2.75) is 6.92 Å². The van der Waals surface area contributed by atoms with Crippen LogP contribution in [-0.2, 0) is 9.59 Å². The lowest BCUT2D eigenvalue weighted by Crippen LogP contribution is -2.32. The van der Waals surface area contributed by atoms with Crippen LogP contribution in [0.15, 0.2) is 76.3 Å². The number of para-hydroxylation sites is 1. The number of esters is 1. The first-order valence-electron chi connectivity index (χ1n) is 9.31. The number of carbonyl (C=O) groups excluding carboxylic acids is 3. The summed E-state index contributed by atoms with van der Waals surface area (Å²) in [7, 11) is 0. The molecule has 0 aliphatic carbocycles. The molecular weight excluding hydrogens is 498 g/mol. The lowest BCUT2D eigenvalue weighted by Gasteiger charge is -2.09. The summed E-state index contributed by atoms with van der Waals surface area (Å²) in [4.78, 5) is 36.6. The normalized spacial score (nSPS) is 10.6. The Labute approximate surface area is 197 Å². The minimum absolute atomic E-state index is 0.236. The van der Waals surface area contributed by atoms with E-state index in [0.29, 0.717) is 26.3 Å². The van der Waals surface area contributed by atoms with Crippen LogP contribution in [0.4, 0.5) is 5.69 Å². The lowest BCUT2D eigenvalue weighted by molar-refractivity contribution is -0.136. The number of carbonyl (C=O) groups is 3. The molecule has 3 aromatic carbocycles. The maximum Gasteiger partial charge on any atom is 0.343 e. The Hall–Kier alpha value is -3.49. The van der Waals surface area contributed by atoms with Gasteiger partial charge < -0.3 is 10.1 Å². The number of amides is 2. The summed E-state index contributed by atoms with van der Waals surface area (Å²) in [5.74, 6) is -2.21. The smallest absolute Gasteiger partial charge is 0.343 e. The Morgan fingerprint density at radius 1 is 1.00 bits per heavy atom. The van der Waals surface area contributed by atoms with Gasteiger partial charge in [-0.1, -0.05) is 57.9 Å². The molecule has 3 aromatic rings. The predicted octanol–water partition coefficient (Wildman–Crippen LogP) is 4.72. The molecule has 0 spiro atoms. The van der Waals surface area contributed by atoms with E-state index in [4.69, 9.17) is 16.3 Å². The van der Waals surface area contributed by atoms with Crippen molar-refractivity contribution < 1.29 is 19.1 Å². The second kappa shape index (κ2) is 10.7. The van der Waals surface area contributed by atoms with Gasteiger partial charge in [-0.2, -0.15) is 5.10 Å². The van der Waals surface area contributed by atoms with Gasteiger partial charge >= 0.3 is 17.8 Å². The quantitative estimate of drug-likeness (QED) is 0.169. The molecule has 0 heterocycles. The van der Waals surface area contributed by atoms with Gasteiger partial charge in [0.25, 0.3) is 0 Å². The molecule has 0 saturated heterocycles. The van der Waals surface area contributed by atoms with E-state index in [0.717, 1.165) is 5.56 Å². The SMILES string of the molecule is Cc1ccccc1C(=O)Oc1ccc(Br)cc1/C=N\NC(=O)C(=O)Nc1ccccc1Cl. The molecular formula is C23H17BrClN3O4. The molecule has 7 nitrogen and oxygen atoms in total. The van der Waals surface area contributed by atoms with Crippen molar-refractivity contribution in [3.63, 3.8) is 0 Å². The molecule has 9 heteroatoms. The fourth-order valence-corrected chi connectivity index (χ4v) is 3.18. The highest BCUT2D eigenvalue weighted by Gasteiger charge is 2.15. The summed E-state index contributed by atoms with van der Waals surface area (Å²) in [5, 5.41) is 6.49. The first-order valence-corrected chi connectivity index (χ1v) is 10.5. The van der Waals surface area contributed by atoms with Crippen molar-refractivity contribution in [2.24, 2.45) is 5.10 Å². The summed E-state index contributed by atoms with van der Waals surface area (Å²) in [6, 6.07) is 18.5. The standard InChI is InChI=1S/C23H17BrClN3O4/c1-14-6-2-3-7-17(14)23(31)32-20-11-10-16(24)12-15(20)13-26-28-22(30)21(29)27-19-9-5-4-8-18(19)25/h2-13H,1H3,(H,27,29)(H,28,30)/b26-13-. The number of hydrogen-bond acceptors (Lipinski definition) is 5.